The number of nitrogens with one attached hydrogen (secondary N) is 1. The second-order valence-corrected chi connectivity index (χ2v) is 10.4. The van der Waals surface area contributed by atoms with E-state index in [1.807, 2.05) is 0 Å². The maximum Gasteiger partial charge on any atom is 0.251 e. The van der Waals surface area contributed by atoms with Gasteiger partial charge in [-0.25, -0.2) is 8.42 Å². The van der Waals surface area contributed by atoms with Crippen molar-refractivity contribution in [3.63, 3.8) is 0 Å². The van der Waals surface area contributed by atoms with E-state index >= 15 is 0 Å². The van der Waals surface area contributed by atoms with Gasteiger partial charge < -0.3 is 5.32 Å². The van der Waals surface area contributed by atoms with E-state index in [0.717, 1.165) is 37.5 Å². The number of rotatable bonds is 4. The summed E-state index contributed by atoms with van der Waals surface area (Å²) >= 11 is 0. The molecule has 1 aromatic rings. The molecule has 1 heterocycles. The number of hydrogen-bond acceptors (Lipinski definition) is 3. The Labute approximate surface area is 162 Å². The predicted molar refractivity (Wildman–Crippen MR) is 105 cm³/mol. The van der Waals surface area contributed by atoms with Crippen LogP contribution in [-0.2, 0) is 10.0 Å². The lowest BCUT2D eigenvalue weighted by molar-refractivity contribution is 0.0879. The third-order valence-electron chi connectivity index (χ3n) is 6.67. The van der Waals surface area contributed by atoms with E-state index in [1.54, 1.807) is 18.2 Å². The van der Waals surface area contributed by atoms with Crippen molar-refractivity contribution in [1.29, 1.82) is 0 Å². The van der Waals surface area contributed by atoms with Crippen LogP contribution in [0.3, 0.4) is 0 Å². The molecule has 2 saturated carbocycles. The van der Waals surface area contributed by atoms with Crippen LogP contribution in [0.25, 0.3) is 0 Å². The molecule has 1 N–H and O–H groups in total. The molecule has 6 heteroatoms. The van der Waals surface area contributed by atoms with Gasteiger partial charge in [-0.1, -0.05) is 31.7 Å². The van der Waals surface area contributed by atoms with E-state index in [9.17, 15) is 13.2 Å². The number of fused-ring (bicyclic) bond motifs is 1. The van der Waals surface area contributed by atoms with Crippen LogP contribution in [0.2, 0.25) is 0 Å². The SMILES string of the molecule is O=C(N[C@@H]1CC[C@@H]2CCCC[C@H]2C1)c1cccc(S(=O)(=O)N2CCCC2)c1. The summed E-state index contributed by atoms with van der Waals surface area (Å²) in [6.07, 6.45) is 10.4. The van der Waals surface area contributed by atoms with Crippen LogP contribution < -0.4 is 5.32 Å². The second kappa shape index (κ2) is 7.92. The fourth-order valence-corrected chi connectivity index (χ4v) is 6.71. The van der Waals surface area contributed by atoms with Crippen molar-refractivity contribution in [1.82, 2.24) is 9.62 Å². The minimum atomic E-state index is -3.49. The molecule has 148 valence electrons. The van der Waals surface area contributed by atoms with Crippen molar-refractivity contribution in [3.05, 3.63) is 29.8 Å². The van der Waals surface area contributed by atoms with Crippen LogP contribution in [-0.4, -0.2) is 37.8 Å². The quantitative estimate of drug-likeness (QED) is 0.855. The maximum atomic E-state index is 12.8. The van der Waals surface area contributed by atoms with Gasteiger partial charge in [-0.2, -0.15) is 4.31 Å². The summed E-state index contributed by atoms with van der Waals surface area (Å²) in [4.78, 5) is 13.0. The summed E-state index contributed by atoms with van der Waals surface area (Å²) in [5.41, 5.74) is 0.445. The Bertz CT molecular complexity index is 786. The third-order valence-corrected chi connectivity index (χ3v) is 8.57. The average Bonchev–Trinajstić information content (AvgIpc) is 3.24. The molecule has 3 fully saturated rings. The van der Waals surface area contributed by atoms with Gasteiger partial charge in [0, 0.05) is 24.7 Å². The van der Waals surface area contributed by atoms with E-state index in [0.29, 0.717) is 18.7 Å². The van der Waals surface area contributed by atoms with E-state index in [1.165, 1.54) is 42.5 Å². The van der Waals surface area contributed by atoms with Gasteiger partial charge in [0.2, 0.25) is 10.0 Å². The maximum absolute atomic E-state index is 12.8. The number of sulfonamides is 1. The molecule has 0 unspecified atom stereocenters. The molecule has 2 aliphatic carbocycles. The number of carbonyl (C=O) groups is 1. The molecule has 1 saturated heterocycles. The highest BCUT2D eigenvalue weighted by Crippen LogP contribution is 2.40. The fourth-order valence-electron chi connectivity index (χ4n) is 5.15. The lowest BCUT2D eigenvalue weighted by Gasteiger charge is -2.39. The second-order valence-electron chi connectivity index (χ2n) is 8.43. The highest BCUT2D eigenvalue weighted by molar-refractivity contribution is 7.89. The first-order valence-corrected chi connectivity index (χ1v) is 11.9. The lowest BCUT2D eigenvalue weighted by atomic mass is 9.69. The van der Waals surface area contributed by atoms with E-state index in [2.05, 4.69) is 5.32 Å². The molecule has 0 radical (unpaired) electrons. The number of nitrogens with zero attached hydrogens (tertiary/aromatic N) is 1. The summed E-state index contributed by atoms with van der Waals surface area (Å²) in [7, 11) is -3.49. The zero-order chi connectivity index (χ0) is 18.9. The van der Waals surface area contributed by atoms with E-state index < -0.39 is 10.0 Å². The number of carbonyl (C=O) groups excluding carboxylic acids is 1. The Hall–Kier alpha value is -1.40. The topological polar surface area (TPSA) is 66.5 Å². The number of amides is 1. The molecule has 3 atom stereocenters. The molecule has 4 rings (SSSR count). The van der Waals surface area contributed by atoms with Crippen molar-refractivity contribution in [2.75, 3.05) is 13.1 Å². The third kappa shape index (κ3) is 4.06. The first-order chi connectivity index (χ1) is 13.0. The van der Waals surface area contributed by atoms with Gasteiger partial charge in [0.1, 0.15) is 0 Å². The normalized spacial score (nSPS) is 29.3. The summed E-state index contributed by atoms with van der Waals surface area (Å²) in [6.45, 7) is 1.15. The zero-order valence-corrected chi connectivity index (χ0v) is 16.7. The fraction of sp³-hybridized carbons (Fsp3) is 0.667. The molecular formula is C21H30N2O3S. The molecule has 3 aliphatic rings. The van der Waals surface area contributed by atoms with Crippen LogP contribution in [0, 0.1) is 11.8 Å². The van der Waals surface area contributed by atoms with Crippen LogP contribution >= 0.6 is 0 Å². The first-order valence-electron chi connectivity index (χ1n) is 10.4. The summed E-state index contributed by atoms with van der Waals surface area (Å²) < 4.78 is 27.0. The summed E-state index contributed by atoms with van der Waals surface area (Å²) in [6, 6.07) is 6.74. The van der Waals surface area contributed by atoms with Crippen LogP contribution in [0.1, 0.15) is 68.1 Å². The van der Waals surface area contributed by atoms with Crippen LogP contribution in [0.4, 0.5) is 0 Å². The smallest absolute Gasteiger partial charge is 0.251 e. The lowest BCUT2D eigenvalue weighted by Crippen LogP contribution is -2.41. The van der Waals surface area contributed by atoms with Gasteiger partial charge in [0.25, 0.3) is 5.91 Å². The van der Waals surface area contributed by atoms with Crippen molar-refractivity contribution < 1.29 is 13.2 Å². The molecule has 5 nitrogen and oxygen atoms in total. The summed E-state index contributed by atoms with van der Waals surface area (Å²) in [5, 5.41) is 3.17. The molecule has 27 heavy (non-hydrogen) atoms. The molecule has 1 amide bonds. The predicted octanol–water partition coefficient (Wildman–Crippen LogP) is 3.56. The van der Waals surface area contributed by atoms with Crippen LogP contribution in [0.15, 0.2) is 29.2 Å². The van der Waals surface area contributed by atoms with Gasteiger partial charge in [-0.15, -0.1) is 0 Å². The molecule has 0 bridgehead atoms. The average molecular weight is 391 g/mol. The molecule has 1 aromatic carbocycles. The zero-order valence-electron chi connectivity index (χ0n) is 15.9. The monoisotopic (exact) mass is 390 g/mol. The van der Waals surface area contributed by atoms with Crippen molar-refractivity contribution in [2.45, 2.75) is 68.7 Å². The van der Waals surface area contributed by atoms with Crippen molar-refractivity contribution >= 4 is 15.9 Å². The van der Waals surface area contributed by atoms with Gasteiger partial charge >= 0.3 is 0 Å². The van der Waals surface area contributed by atoms with E-state index in [4.69, 9.17) is 0 Å². The Balaban J connectivity index is 1.43. The van der Waals surface area contributed by atoms with Crippen LogP contribution in [0.5, 0.6) is 0 Å². The first kappa shape index (κ1) is 18.9. The van der Waals surface area contributed by atoms with Gasteiger partial charge in [-0.05, 0) is 62.1 Å². The van der Waals surface area contributed by atoms with Gasteiger partial charge in [-0.3, -0.25) is 4.79 Å². The number of hydrogen-bond donors (Lipinski definition) is 1. The number of benzene rings is 1. The molecule has 1 aliphatic heterocycles. The minimum Gasteiger partial charge on any atom is -0.349 e. The minimum absolute atomic E-state index is 0.146. The molecule has 0 aromatic heterocycles. The Morgan fingerprint density at radius 2 is 1.70 bits per heavy atom. The van der Waals surface area contributed by atoms with Crippen molar-refractivity contribution in [2.24, 2.45) is 11.8 Å². The molecular weight excluding hydrogens is 360 g/mol. The highest BCUT2D eigenvalue weighted by atomic mass is 32.2. The Morgan fingerprint density at radius 1 is 0.963 bits per heavy atom. The standard InChI is InChI=1S/C21H30N2O3S/c24-21(22-19-11-10-16-6-1-2-7-17(16)14-19)18-8-5-9-20(15-18)27(25,26)23-12-3-4-13-23/h5,8-9,15-17,19H,1-4,6-7,10-14H2,(H,22,24)/t16-,17-,19+/m0/s1. The van der Waals surface area contributed by atoms with E-state index in [-0.39, 0.29) is 16.8 Å². The molecule has 0 spiro atoms. The Kier molecular flexibility index (Phi) is 5.55. The largest absolute Gasteiger partial charge is 0.349 e. The van der Waals surface area contributed by atoms with Crippen molar-refractivity contribution in [3.8, 4) is 0 Å². The van der Waals surface area contributed by atoms with Gasteiger partial charge in [0.15, 0.2) is 0 Å². The van der Waals surface area contributed by atoms with Gasteiger partial charge in [0.05, 0.1) is 4.90 Å². The Morgan fingerprint density at radius 3 is 2.48 bits per heavy atom. The summed E-state index contributed by atoms with van der Waals surface area (Å²) in [5.74, 6) is 1.45. The highest BCUT2D eigenvalue weighted by Gasteiger charge is 2.33.